The zero-order chi connectivity index (χ0) is 13.8. The molecule has 2 nitrogen and oxygen atoms in total. The molecule has 0 saturated heterocycles. The highest BCUT2D eigenvalue weighted by molar-refractivity contribution is 7.80. The number of rotatable bonds is 2. The number of thiocarbonyl (C=S) groups is 1. The highest BCUT2D eigenvalue weighted by Crippen LogP contribution is 2.18. The van der Waals surface area contributed by atoms with Crippen LogP contribution in [0.5, 0.6) is 0 Å². The molecule has 0 aliphatic heterocycles. The van der Waals surface area contributed by atoms with Crippen molar-refractivity contribution in [1.82, 2.24) is 0 Å². The number of hydrogen-bond donors (Lipinski definition) is 2. The molecule has 0 atom stereocenters. The van der Waals surface area contributed by atoms with Crippen molar-refractivity contribution in [1.29, 1.82) is 0 Å². The molecule has 0 amide bonds. The van der Waals surface area contributed by atoms with Gasteiger partial charge in [0.2, 0.25) is 0 Å². The van der Waals surface area contributed by atoms with E-state index in [1.165, 1.54) is 6.07 Å². The zero-order valence-corrected chi connectivity index (χ0v) is 11.6. The summed E-state index contributed by atoms with van der Waals surface area (Å²) in [5, 5.41) is 6.56. The van der Waals surface area contributed by atoms with E-state index in [1.807, 2.05) is 31.2 Å². The van der Waals surface area contributed by atoms with E-state index in [9.17, 15) is 4.39 Å². The molecule has 0 aromatic heterocycles. The predicted molar refractivity (Wildman–Crippen MR) is 82.2 cm³/mol. The molecular weight excluding hydrogens is 259 g/mol. The first-order valence-corrected chi connectivity index (χ1v) is 6.37. The van der Waals surface area contributed by atoms with Gasteiger partial charge in [-0.05, 0) is 49.8 Å². The molecule has 0 heterocycles. The SMILES string of the molecule is Cc1ccccc1NC(=S)Nc1cccc(F)c1C. The minimum atomic E-state index is -0.247. The first-order valence-electron chi connectivity index (χ1n) is 5.96. The summed E-state index contributed by atoms with van der Waals surface area (Å²) in [6.07, 6.45) is 0. The monoisotopic (exact) mass is 274 g/mol. The summed E-state index contributed by atoms with van der Waals surface area (Å²) < 4.78 is 13.4. The van der Waals surface area contributed by atoms with Crippen LogP contribution in [-0.4, -0.2) is 5.11 Å². The van der Waals surface area contributed by atoms with Gasteiger partial charge in [-0.25, -0.2) is 4.39 Å². The lowest BCUT2D eigenvalue weighted by Gasteiger charge is -2.14. The normalized spacial score (nSPS) is 10.1. The van der Waals surface area contributed by atoms with E-state index < -0.39 is 0 Å². The minimum absolute atomic E-state index is 0.247. The molecule has 19 heavy (non-hydrogen) atoms. The Labute approximate surface area is 117 Å². The van der Waals surface area contributed by atoms with E-state index in [0.29, 0.717) is 16.4 Å². The molecule has 2 aromatic carbocycles. The largest absolute Gasteiger partial charge is 0.332 e. The van der Waals surface area contributed by atoms with Crippen molar-refractivity contribution >= 4 is 28.7 Å². The average Bonchev–Trinajstić information content (AvgIpc) is 2.38. The van der Waals surface area contributed by atoms with Gasteiger partial charge in [0.1, 0.15) is 5.82 Å². The third kappa shape index (κ3) is 3.29. The van der Waals surface area contributed by atoms with Crippen molar-refractivity contribution < 1.29 is 4.39 Å². The van der Waals surface area contributed by atoms with Gasteiger partial charge in [0.05, 0.1) is 0 Å². The molecule has 2 rings (SSSR count). The standard InChI is InChI=1S/C15H15FN2S/c1-10-6-3-4-8-13(10)17-15(19)18-14-9-5-7-12(16)11(14)2/h3-9H,1-2H3,(H2,17,18,19). The van der Waals surface area contributed by atoms with Crippen LogP contribution in [0.4, 0.5) is 15.8 Å². The second-order valence-electron chi connectivity index (χ2n) is 4.31. The summed E-state index contributed by atoms with van der Waals surface area (Å²) in [5.41, 5.74) is 3.26. The molecule has 0 radical (unpaired) electrons. The van der Waals surface area contributed by atoms with E-state index in [2.05, 4.69) is 10.6 Å². The summed E-state index contributed by atoms with van der Waals surface area (Å²) in [6, 6.07) is 12.7. The van der Waals surface area contributed by atoms with Crippen molar-refractivity contribution in [3.05, 3.63) is 59.4 Å². The van der Waals surface area contributed by atoms with Gasteiger partial charge < -0.3 is 10.6 Å². The second kappa shape index (κ2) is 5.80. The predicted octanol–water partition coefficient (Wildman–Crippen LogP) is 4.25. The maximum Gasteiger partial charge on any atom is 0.175 e. The van der Waals surface area contributed by atoms with Crippen molar-refractivity contribution in [3.8, 4) is 0 Å². The number of anilines is 2. The van der Waals surface area contributed by atoms with E-state index in [1.54, 1.807) is 19.1 Å². The van der Waals surface area contributed by atoms with E-state index >= 15 is 0 Å². The highest BCUT2D eigenvalue weighted by Gasteiger charge is 2.05. The molecule has 98 valence electrons. The minimum Gasteiger partial charge on any atom is -0.332 e. The third-order valence-electron chi connectivity index (χ3n) is 2.91. The lowest BCUT2D eigenvalue weighted by Crippen LogP contribution is -2.20. The van der Waals surface area contributed by atoms with Gasteiger partial charge in [-0.15, -0.1) is 0 Å². The number of benzene rings is 2. The molecule has 0 unspecified atom stereocenters. The van der Waals surface area contributed by atoms with Crippen LogP contribution in [0.3, 0.4) is 0 Å². The van der Waals surface area contributed by atoms with Crippen LogP contribution in [0.2, 0.25) is 0 Å². The van der Waals surface area contributed by atoms with Gasteiger partial charge in [0.15, 0.2) is 5.11 Å². The Morgan fingerprint density at radius 2 is 1.58 bits per heavy atom. The number of aryl methyl sites for hydroxylation is 1. The summed E-state index contributed by atoms with van der Waals surface area (Å²) in [7, 11) is 0. The van der Waals surface area contributed by atoms with Crippen molar-refractivity contribution in [2.45, 2.75) is 13.8 Å². The van der Waals surface area contributed by atoms with Crippen LogP contribution in [-0.2, 0) is 0 Å². The maximum absolute atomic E-state index is 13.4. The zero-order valence-electron chi connectivity index (χ0n) is 10.8. The number of nitrogens with one attached hydrogen (secondary N) is 2. The topological polar surface area (TPSA) is 24.1 Å². The highest BCUT2D eigenvalue weighted by atomic mass is 32.1. The van der Waals surface area contributed by atoms with Crippen molar-refractivity contribution in [3.63, 3.8) is 0 Å². The fraction of sp³-hybridized carbons (Fsp3) is 0.133. The summed E-state index contributed by atoms with van der Waals surface area (Å²) in [4.78, 5) is 0. The van der Waals surface area contributed by atoms with E-state index in [0.717, 1.165) is 11.3 Å². The Kier molecular flexibility index (Phi) is 4.12. The van der Waals surface area contributed by atoms with Crippen LogP contribution in [0.25, 0.3) is 0 Å². The molecule has 0 spiro atoms. The number of hydrogen-bond acceptors (Lipinski definition) is 1. The summed E-state index contributed by atoms with van der Waals surface area (Å²) in [6.45, 7) is 3.71. The Morgan fingerprint density at radius 1 is 0.947 bits per heavy atom. The van der Waals surface area contributed by atoms with Crippen molar-refractivity contribution in [2.75, 3.05) is 10.6 Å². The quantitative estimate of drug-likeness (QED) is 0.800. The molecule has 2 N–H and O–H groups in total. The number of para-hydroxylation sites is 1. The van der Waals surface area contributed by atoms with Crippen LogP contribution in [0.15, 0.2) is 42.5 Å². The third-order valence-corrected chi connectivity index (χ3v) is 3.11. The molecule has 0 aliphatic rings. The average molecular weight is 274 g/mol. The second-order valence-corrected chi connectivity index (χ2v) is 4.71. The van der Waals surface area contributed by atoms with Crippen LogP contribution >= 0.6 is 12.2 Å². The van der Waals surface area contributed by atoms with E-state index in [4.69, 9.17) is 12.2 Å². The maximum atomic E-state index is 13.4. The van der Waals surface area contributed by atoms with Gasteiger partial charge >= 0.3 is 0 Å². The van der Waals surface area contributed by atoms with Gasteiger partial charge in [0.25, 0.3) is 0 Å². The molecule has 0 fully saturated rings. The molecule has 0 saturated carbocycles. The Hall–Kier alpha value is -1.94. The Balaban J connectivity index is 2.10. The lowest BCUT2D eigenvalue weighted by molar-refractivity contribution is 0.619. The van der Waals surface area contributed by atoms with Crippen molar-refractivity contribution in [2.24, 2.45) is 0 Å². The van der Waals surface area contributed by atoms with Crippen LogP contribution in [0, 0.1) is 19.7 Å². The van der Waals surface area contributed by atoms with Gasteiger partial charge in [0, 0.05) is 16.9 Å². The molecule has 0 bridgehead atoms. The van der Waals surface area contributed by atoms with E-state index in [-0.39, 0.29) is 5.82 Å². The van der Waals surface area contributed by atoms with Crippen LogP contribution < -0.4 is 10.6 Å². The smallest absolute Gasteiger partial charge is 0.175 e. The summed E-state index contributed by atoms with van der Waals surface area (Å²) in [5.74, 6) is -0.247. The fourth-order valence-corrected chi connectivity index (χ4v) is 1.95. The van der Waals surface area contributed by atoms with Gasteiger partial charge in [-0.1, -0.05) is 24.3 Å². The lowest BCUT2D eigenvalue weighted by atomic mass is 10.2. The number of halogens is 1. The molecule has 0 aliphatic carbocycles. The summed E-state index contributed by atoms with van der Waals surface area (Å²) >= 11 is 5.24. The molecule has 4 heteroatoms. The molecular formula is C15H15FN2S. The Bertz CT molecular complexity index is 611. The first kappa shape index (κ1) is 13.5. The fourth-order valence-electron chi connectivity index (χ4n) is 1.73. The van der Waals surface area contributed by atoms with Gasteiger partial charge in [-0.2, -0.15) is 0 Å². The van der Waals surface area contributed by atoms with Crippen LogP contribution in [0.1, 0.15) is 11.1 Å². The first-order chi connectivity index (χ1) is 9.08. The Morgan fingerprint density at radius 3 is 2.32 bits per heavy atom. The van der Waals surface area contributed by atoms with Gasteiger partial charge in [-0.3, -0.25) is 0 Å². The molecule has 2 aromatic rings.